The van der Waals surface area contributed by atoms with E-state index in [9.17, 15) is 0 Å². The molecule has 0 saturated heterocycles. The SMILES string of the molecule is C=C/C=C\C=C/Cn1c2ccccc2c2cc3c(cc21)C(C)(C)c1cc2oc4ccc(C(C)=N/C(=C\C(C)c5ccccc5)c5ccccc5)cc4c2cc1-3. The van der Waals surface area contributed by atoms with Crippen LogP contribution < -0.4 is 0 Å². The van der Waals surface area contributed by atoms with Gasteiger partial charge in [-0.05, 0) is 94.4 Å². The van der Waals surface area contributed by atoms with Crippen molar-refractivity contribution in [2.24, 2.45) is 4.99 Å². The zero-order valence-corrected chi connectivity index (χ0v) is 31.9. The summed E-state index contributed by atoms with van der Waals surface area (Å²) in [5.74, 6) is 0.210. The molecule has 1 aliphatic carbocycles. The van der Waals surface area contributed by atoms with Gasteiger partial charge < -0.3 is 8.98 Å². The predicted molar refractivity (Wildman–Crippen MR) is 234 cm³/mol. The minimum absolute atomic E-state index is 0.193. The molecule has 6 aromatic carbocycles. The Hall–Kier alpha value is -6.45. The van der Waals surface area contributed by atoms with Gasteiger partial charge in [-0.2, -0.15) is 0 Å². The lowest BCUT2D eigenvalue weighted by atomic mass is 9.82. The van der Waals surface area contributed by atoms with Gasteiger partial charge in [-0.15, -0.1) is 0 Å². The van der Waals surface area contributed by atoms with E-state index < -0.39 is 0 Å². The second-order valence-corrected chi connectivity index (χ2v) is 15.2. The number of aliphatic imine (C=N–C) groups is 1. The van der Waals surface area contributed by atoms with Crippen molar-refractivity contribution < 1.29 is 4.42 Å². The molecule has 9 rings (SSSR count). The summed E-state index contributed by atoms with van der Waals surface area (Å²) in [5, 5.41) is 4.79. The Labute approximate surface area is 323 Å². The number of allylic oxidation sites excluding steroid dienone is 6. The van der Waals surface area contributed by atoms with E-state index in [1.807, 2.05) is 12.2 Å². The van der Waals surface area contributed by atoms with Crippen LogP contribution in [0.3, 0.4) is 0 Å². The molecule has 3 nitrogen and oxygen atoms in total. The van der Waals surface area contributed by atoms with E-state index in [-0.39, 0.29) is 11.3 Å². The summed E-state index contributed by atoms with van der Waals surface area (Å²) in [6.07, 6.45) is 12.4. The highest BCUT2D eigenvalue weighted by molar-refractivity contribution is 6.14. The topological polar surface area (TPSA) is 30.4 Å². The van der Waals surface area contributed by atoms with E-state index in [2.05, 4.69) is 184 Å². The Morgan fingerprint density at radius 1 is 0.691 bits per heavy atom. The molecule has 0 fully saturated rings. The van der Waals surface area contributed by atoms with Gasteiger partial charge >= 0.3 is 0 Å². The van der Waals surface area contributed by atoms with Crippen molar-refractivity contribution in [2.45, 2.75) is 45.6 Å². The second kappa shape index (κ2) is 13.8. The van der Waals surface area contributed by atoms with Gasteiger partial charge in [0, 0.05) is 56.2 Å². The summed E-state index contributed by atoms with van der Waals surface area (Å²) >= 11 is 0. The largest absolute Gasteiger partial charge is 0.456 e. The van der Waals surface area contributed by atoms with Crippen LogP contribution in [0.5, 0.6) is 0 Å². The summed E-state index contributed by atoms with van der Waals surface area (Å²) in [4.78, 5) is 5.28. The summed E-state index contributed by atoms with van der Waals surface area (Å²) in [6.45, 7) is 13.6. The van der Waals surface area contributed by atoms with Crippen LogP contribution >= 0.6 is 0 Å². The Morgan fingerprint density at radius 2 is 1.38 bits per heavy atom. The fraction of sp³-hybridized carbons (Fsp3) is 0.135. The Bertz CT molecular complexity index is 2890. The van der Waals surface area contributed by atoms with Crippen molar-refractivity contribution >= 4 is 55.2 Å². The van der Waals surface area contributed by atoms with Crippen LogP contribution in [0.15, 0.2) is 180 Å². The van der Waals surface area contributed by atoms with E-state index in [0.717, 1.165) is 51.0 Å². The number of furan rings is 1. The number of benzene rings is 6. The first-order valence-corrected chi connectivity index (χ1v) is 19.2. The van der Waals surface area contributed by atoms with E-state index in [1.165, 1.54) is 49.6 Å². The molecule has 0 radical (unpaired) electrons. The molecule has 0 spiro atoms. The minimum atomic E-state index is -0.193. The first kappa shape index (κ1) is 34.3. The standard InChI is InChI=1S/C52H44N2O/c1-6-7-8-9-18-27-54-48-24-17-16-23-39(48)42-30-40-41-31-44-43-29-38(25-26-50(43)55-51(44)33-46(41)52(4,5)45(40)32-49(42)54)35(3)53-47(37-21-14-11-15-22-37)28-34(2)36-19-12-10-13-20-36/h6-26,28-34H,1,27H2,2-5H3/b8-7-,18-9-,47-28-,53-35?. The molecule has 0 bridgehead atoms. The average molecular weight is 713 g/mol. The van der Waals surface area contributed by atoms with Crippen LogP contribution in [-0.4, -0.2) is 10.3 Å². The summed E-state index contributed by atoms with van der Waals surface area (Å²) in [6, 6.07) is 45.9. The van der Waals surface area contributed by atoms with Gasteiger partial charge in [-0.3, -0.25) is 4.99 Å². The van der Waals surface area contributed by atoms with Crippen molar-refractivity contribution in [1.82, 2.24) is 4.57 Å². The fourth-order valence-electron chi connectivity index (χ4n) is 8.49. The Kier molecular flexibility index (Phi) is 8.58. The van der Waals surface area contributed by atoms with E-state index in [0.29, 0.717) is 0 Å². The van der Waals surface area contributed by atoms with Gasteiger partial charge in [0.05, 0.1) is 5.70 Å². The van der Waals surface area contributed by atoms with Gasteiger partial charge in [0.2, 0.25) is 0 Å². The van der Waals surface area contributed by atoms with Crippen molar-refractivity contribution in [3.63, 3.8) is 0 Å². The maximum atomic E-state index is 6.59. The van der Waals surface area contributed by atoms with Crippen molar-refractivity contribution in [3.8, 4) is 11.1 Å². The molecular formula is C52H44N2O. The third kappa shape index (κ3) is 5.97. The van der Waals surface area contributed by atoms with Gasteiger partial charge in [0.1, 0.15) is 11.2 Å². The highest BCUT2D eigenvalue weighted by atomic mass is 16.3. The van der Waals surface area contributed by atoms with Gasteiger partial charge in [0.15, 0.2) is 0 Å². The van der Waals surface area contributed by atoms with Crippen LogP contribution in [0, 0.1) is 0 Å². The lowest BCUT2D eigenvalue weighted by Crippen LogP contribution is -2.15. The zero-order valence-electron chi connectivity index (χ0n) is 31.9. The molecular weight excluding hydrogens is 669 g/mol. The molecule has 8 aromatic rings. The third-order valence-electron chi connectivity index (χ3n) is 11.4. The molecule has 0 amide bonds. The number of para-hydroxylation sites is 1. The summed E-state index contributed by atoms with van der Waals surface area (Å²) < 4.78 is 9.03. The van der Waals surface area contributed by atoms with Gasteiger partial charge in [-0.1, -0.05) is 143 Å². The third-order valence-corrected chi connectivity index (χ3v) is 11.4. The molecule has 55 heavy (non-hydrogen) atoms. The normalized spacial score (nSPS) is 14.8. The number of nitrogens with zero attached hydrogens (tertiary/aromatic N) is 2. The molecule has 0 N–H and O–H groups in total. The van der Waals surface area contributed by atoms with Crippen molar-refractivity contribution in [2.75, 3.05) is 0 Å². The lowest BCUT2D eigenvalue weighted by Gasteiger charge is -2.21. The average Bonchev–Trinajstić information content (AvgIpc) is 3.80. The maximum Gasteiger partial charge on any atom is 0.135 e. The van der Waals surface area contributed by atoms with E-state index in [1.54, 1.807) is 6.08 Å². The molecule has 0 aliphatic heterocycles. The van der Waals surface area contributed by atoms with Crippen LogP contribution in [0.1, 0.15) is 61.4 Å². The smallest absolute Gasteiger partial charge is 0.135 e. The number of hydrogen-bond donors (Lipinski definition) is 0. The summed E-state index contributed by atoms with van der Waals surface area (Å²) in [5.41, 5.74) is 14.7. The fourth-order valence-corrected chi connectivity index (χ4v) is 8.49. The maximum absolute atomic E-state index is 6.59. The molecule has 2 aromatic heterocycles. The van der Waals surface area contributed by atoms with Crippen molar-refractivity contribution in [1.29, 1.82) is 0 Å². The Morgan fingerprint density at radius 3 is 2.16 bits per heavy atom. The molecule has 1 unspecified atom stereocenters. The van der Waals surface area contributed by atoms with Gasteiger partial charge in [0.25, 0.3) is 0 Å². The molecule has 0 saturated carbocycles. The Balaban J connectivity index is 1.15. The molecule has 3 heteroatoms. The highest BCUT2D eigenvalue weighted by Gasteiger charge is 2.37. The van der Waals surface area contributed by atoms with Crippen molar-refractivity contribution in [3.05, 3.63) is 198 Å². The van der Waals surface area contributed by atoms with E-state index >= 15 is 0 Å². The first-order chi connectivity index (χ1) is 26.8. The molecule has 1 aliphatic rings. The van der Waals surface area contributed by atoms with E-state index in [4.69, 9.17) is 9.41 Å². The highest BCUT2D eigenvalue weighted by Crippen LogP contribution is 2.52. The van der Waals surface area contributed by atoms with Gasteiger partial charge in [-0.25, -0.2) is 0 Å². The molecule has 2 heterocycles. The second-order valence-electron chi connectivity index (χ2n) is 15.2. The van der Waals surface area contributed by atoms with Crippen LogP contribution in [0.2, 0.25) is 0 Å². The number of hydrogen-bond acceptors (Lipinski definition) is 2. The summed E-state index contributed by atoms with van der Waals surface area (Å²) in [7, 11) is 0. The number of rotatable bonds is 9. The zero-order chi connectivity index (χ0) is 37.7. The predicted octanol–water partition coefficient (Wildman–Crippen LogP) is 14.0. The lowest BCUT2D eigenvalue weighted by molar-refractivity contribution is 0.647. The van der Waals surface area contributed by atoms with Crippen LogP contribution in [0.25, 0.3) is 60.6 Å². The van der Waals surface area contributed by atoms with Crippen LogP contribution in [0.4, 0.5) is 0 Å². The molecule has 268 valence electrons. The first-order valence-electron chi connectivity index (χ1n) is 19.2. The number of aromatic nitrogens is 1. The number of fused-ring (bicyclic) bond motifs is 9. The minimum Gasteiger partial charge on any atom is -0.456 e. The molecule has 1 atom stereocenters. The van der Waals surface area contributed by atoms with Crippen LogP contribution in [-0.2, 0) is 12.0 Å². The quantitative estimate of drug-likeness (QED) is 0.108. The monoisotopic (exact) mass is 712 g/mol.